The summed E-state index contributed by atoms with van der Waals surface area (Å²) in [6, 6.07) is 3.82. The Bertz CT molecular complexity index is 435. The number of carbonyl (C=O) groups excluding carboxylic acids is 1. The molecule has 3 nitrogen and oxygen atoms in total. The highest BCUT2D eigenvalue weighted by molar-refractivity contribution is 8.00. The maximum atomic E-state index is 12.9. The Hall–Kier alpha value is -0.850. The fourth-order valence-corrected chi connectivity index (χ4v) is 2.21. The predicted molar refractivity (Wildman–Crippen MR) is 80.5 cm³/mol. The van der Waals surface area contributed by atoms with E-state index in [4.69, 9.17) is 0 Å². The minimum absolute atomic E-state index is 0. The molecule has 0 heterocycles. The van der Waals surface area contributed by atoms with E-state index in [0.29, 0.717) is 11.4 Å². The average molecular weight is 325 g/mol. The van der Waals surface area contributed by atoms with Crippen LogP contribution in [0.15, 0.2) is 23.1 Å². The highest BCUT2D eigenvalue weighted by Gasteiger charge is 2.07. The summed E-state index contributed by atoms with van der Waals surface area (Å²) in [5, 5.41) is 5.95. The summed E-state index contributed by atoms with van der Waals surface area (Å²) < 4.78 is 25.7. The predicted octanol–water partition coefficient (Wildman–Crippen LogP) is 2.59. The van der Waals surface area contributed by atoms with Crippen molar-refractivity contribution < 1.29 is 13.6 Å². The molecule has 1 aromatic rings. The van der Waals surface area contributed by atoms with Gasteiger partial charge in [0.05, 0.1) is 5.75 Å². The number of rotatable bonds is 7. The van der Waals surface area contributed by atoms with Gasteiger partial charge in [-0.3, -0.25) is 4.79 Å². The van der Waals surface area contributed by atoms with Crippen LogP contribution in [-0.4, -0.2) is 30.8 Å². The van der Waals surface area contributed by atoms with Crippen LogP contribution in [0.4, 0.5) is 8.78 Å². The van der Waals surface area contributed by atoms with Gasteiger partial charge < -0.3 is 10.6 Å². The van der Waals surface area contributed by atoms with Crippen LogP contribution in [0.25, 0.3) is 0 Å². The van der Waals surface area contributed by atoms with E-state index >= 15 is 0 Å². The molecule has 0 saturated carbocycles. The molecule has 114 valence electrons. The molecule has 2 N–H and O–H groups in total. The van der Waals surface area contributed by atoms with Crippen LogP contribution in [0.2, 0.25) is 0 Å². The maximum absolute atomic E-state index is 12.9. The topological polar surface area (TPSA) is 41.1 Å². The SMILES string of the molecule is CCN[C@H](C)CNC(=O)CSc1ccc(F)c(F)c1.Cl. The van der Waals surface area contributed by atoms with Gasteiger partial charge in [0.2, 0.25) is 5.91 Å². The number of hydrogen-bond donors (Lipinski definition) is 2. The Morgan fingerprint density at radius 1 is 1.35 bits per heavy atom. The molecule has 20 heavy (non-hydrogen) atoms. The number of carbonyl (C=O) groups is 1. The third kappa shape index (κ3) is 7.07. The van der Waals surface area contributed by atoms with Gasteiger partial charge in [-0.25, -0.2) is 8.78 Å². The van der Waals surface area contributed by atoms with Crippen LogP contribution in [0.1, 0.15) is 13.8 Å². The lowest BCUT2D eigenvalue weighted by Crippen LogP contribution is -2.39. The molecule has 1 aromatic carbocycles. The number of halogens is 3. The Labute approximate surface area is 128 Å². The first kappa shape index (κ1) is 19.1. The molecular weight excluding hydrogens is 306 g/mol. The second kappa shape index (κ2) is 9.96. The van der Waals surface area contributed by atoms with E-state index in [9.17, 15) is 13.6 Å². The van der Waals surface area contributed by atoms with Gasteiger partial charge in [-0.1, -0.05) is 6.92 Å². The summed E-state index contributed by atoms with van der Waals surface area (Å²) in [7, 11) is 0. The van der Waals surface area contributed by atoms with E-state index in [1.54, 1.807) is 0 Å². The van der Waals surface area contributed by atoms with Crippen LogP contribution in [0.5, 0.6) is 0 Å². The number of hydrogen-bond acceptors (Lipinski definition) is 3. The standard InChI is InChI=1S/C13H18F2N2OS.ClH/c1-3-16-9(2)7-17-13(18)8-19-10-4-5-11(14)12(15)6-10;/h4-6,9,16H,3,7-8H2,1-2H3,(H,17,18);1H/t9-;/m1./s1. The summed E-state index contributed by atoms with van der Waals surface area (Å²) in [6.07, 6.45) is 0. The van der Waals surface area contributed by atoms with Gasteiger partial charge >= 0.3 is 0 Å². The third-order valence-electron chi connectivity index (χ3n) is 2.42. The third-order valence-corrected chi connectivity index (χ3v) is 3.41. The molecule has 1 atom stereocenters. The van der Waals surface area contributed by atoms with Crippen molar-refractivity contribution in [3.63, 3.8) is 0 Å². The van der Waals surface area contributed by atoms with Gasteiger partial charge in [0.25, 0.3) is 0 Å². The number of amides is 1. The molecule has 1 rings (SSSR count). The van der Waals surface area contributed by atoms with Crippen LogP contribution in [0.3, 0.4) is 0 Å². The zero-order chi connectivity index (χ0) is 14.3. The Balaban J connectivity index is 0.00000361. The fourth-order valence-electron chi connectivity index (χ4n) is 1.45. The van der Waals surface area contributed by atoms with Crippen LogP contribution in [-0.2, 0) is 4.79 Å². The second-order valence-electron chi connectivity index (χ2n) is 4.13. The second-order valence-corrected chi connectivity index (χ2v) is 5.18. The molecule has 0 radical (unpaired) electrons. The molecule has 1 amide bonds. The van der Waals surface area contributed by atoms with E-state index in [0.717, 1.165) is 18.7 Å². The van der Waals surface area contributed by atoms with Crippen LogP contribution in [0, 0.1) is 11.6 Å². The minimum Gasteiger partial charge on any atom is -0.354 e. The van der Waals surface area contributed by atoms with E-state index in [-0.39, 0.29) is 30.1 Å². The number of nitrogens with one attached hydrogen (secondary N) is 2. The maximum Gasteiger partial charge on any atom is 0.230 e. The molecule has 0 spiro atoms. The van der Waals surface area contributed by atoms with Crippen LogP contribution >= 0.6 is 24.2 Å². The van der Waals surface area contributed by atoms with E-state index in [1.807, 2.05) is 13.8 Å². The Morgan fingerprint density at radius 2 is 2.05 bits per heavy atom. The van der Waals surface area contributed by atoms with Gasteiger partial charge in [0, 0.05) is 17.5 Å². The number of thioether (sulfide) groups is 1. The fraction of sp³-hybridized carbons (Fsp3) is 0.462. The first-order valence-corrected chi connectivity index (χ1v) is 7.09. The van der Waals surface area contributed by atoms with Gasteiger partial charge in [-0.05, 0) is 31.7 Å². The molecule has 0 aliphatic carbocycles. The quantitative estimate of drug-likeness (QED) is 0.758. The molecular formula is C13H19ClF2N2OS. The zero-order valence-corrected chi connectivity index (χ0v) is 13.0. The smallest absolute Gasteiger partial charge is 0.230 e. The van der Waals surface area contributed by atoms with Crippen molar-refractivity contribution in [2.75, 3.05) is 18.8 Å². The highest BCUT2D eigenvalue weighted by atomic mass is 35.5. The van der Waals surface area contributed by atoms with Crippen molar-refractivity contribution in [3.05, 3.63) is 29.8 Å². The van der Waals surface area contributed by atoms with Gasteiger partial charge in [-0.15, -0.1) is 24.2 Å². The molecule has 0 saturated heterocycles. The Kier molecular flexibility index (Phi) is 9.54. The van der Waals surface area contributed by atoms with Crippen molar-refractivity contribution in [2.24, 2.45) is 0 Å². The van der Waals surface area contributed by atoms with E-state index < -0.39 is 11.6 Å². The van der Waals surface area contributed by atoms with Crippen molar-refractivity contribution >= 4 is 30.1 Å². The summed E-state index contributed by atoms with van der Waals surface area (Å²) in [4.78, 5) is 12.1. The molecule has 0 unspecified atom stereocenters. The van der Waals surface area contributed by atoms with Crippen molar-refractivity contribution in [1.29, 1.82) is 0 Å². The molecule has 7 heteroatoms. The zero-order valence-electron chi connectivity index (χ0n) is 11.4. The molecule has 0 fully saturated rings. The molecule has 0 aromatic heterocycles. The summed E-state index contributed by atoms with van der Waals surface area (Å²) in [6.45, 7) is 5.37. The molecule has 0 aliphatic rings. The minimum atomic E-state index is -0.897. The lowest BCUT2D eigenvalue weighted by molar-refractivity contribution is -0.118. The van der Waals surface area contributed by atoms with Crippen LogP contribution < -0.4 is 10.6 Å². The van der Waals surface area contributed by atoms with Crippen molar-refractivity contribution in [1.82, 2.24) is 10.6 Å². The van der Waals surface area contributed by atoms with Crippen molar-refractivity contribution in [2.45, 2.75) is 24.8 Å². The van der Waals surface area contributed by atoms with Crippen molar-refractivity contribution in [3.8, 4) is 0 Å². The summed E-state index contributed by atoms with van der Waals surface area (Å²) >= 11 is 1.18. The molecule has 0 aliphatic heterocycles. The number of benzene rings is 1. The van der Waals surface area contributed by atoms with Gasteiger partial charge in [0.1, 0.15) is 0 Å². The van der Waals surface area contributed by atoms with E-state index in [1.165, 1.54) is 17.8 Å². The normalized spacial score (nSPS) is 11.6. The van der Waals surface area contributed by atoms with E-state index in [2.05, 4.69) is 10.6 Å². The average Bonchev–Trinajstić information content (AvgIpc) is 2.38. The van der Waals surface area contributed by atoms with Gasteiger partial charge in [-0.2, -0.15) is 0 Å². The first-order chi connectivity index (χ1) is 9.02. The largest absolute Gasteiger partial charge is 0.354 e. The van der Waals surface area contributed by atoms with Gasteiger partial charge in [0.15, 0.2) is 11.6 Å². The number of likely N-dealkylation sites (N-methyl/N-ethyl adjacent to an activating group) is 1. The highest BCUT2D eigenvalue weighted by Crippen LogP contribution is 2.19. The molecule has 0 bridgehead atoms. The Morgan fingerprint density at radius 3 is 2.65 bits per heavy atom. The first-order valence-electron chi connectivity index (χ1n) is 6.10. The lowest BCUT2D eigenvalue weighted by Gasteiger charge is -2.13. The summed E-state index contributed by atoms with van der Waals surface area (Å²) in [5.74, 6) is -1.72. The summed E-state index contributed by atoms with van der Waals surface area (Å²) in [5.41, 5.74) is 0. The monoisotopic (exact) mass is 324 g/mol. The lowest BCUT2D eigenvalue weighted by atomic mass is 10.3.